The first-order valence-corrected chi connectivity index (χ1v) is 7.19. The molecule has 2 nitrogen and oxygen atoms in total. The van der Waals surface area contributed by atoms with Crippen LogP contribution in [-0.4, -0.2) is 9.97 Å². The highest BCUT2D eigenvalue weighted by Crippen LogP contribution is 2.09. The van der Waals surface area contributed by atoms with E-state index in [0.29, 0.717) is 5.82 Å². The van der Waals surface area contributed by atoms with Gasteiger partial charge in [-0.15, -0.1) is 0 Å². The molecule has 98 valence electrons. The van der Waals surface area contributed by atoms with E-state index in [0.717, 1.165) is 6.42 Å². The number of aromatic nitrogens is 2. The molecule has 0 aromatic carbocycles. The third-order valence-corrected chi connectivity index (χ3v) is 2.92. The molecular weight excluding hydrogens is 220 g/mol. The van der Waals surface area contributed by atoms with Gasteiger partial charge in [0.05, 0.1) is 0 Å². The third kappa shape index (κ3) is 7.84. The second kappa shape index (κ2) is 10.8. The first-order chi connectivity index (χ1) is 8.93. The first kappa shape index (κ1) is 14.7. The van der Waals surface area contributed by atoms with Crippen molar-refractivity contribution in [1.82, 2.24) is 9.97 Å². The maximum atomic E-state index is 4.07. The van der Waals surface area contributed by atoms with E-state index in [9.17, 15) is 0 Å². The van der Waals surface area contributed by atoms with Crippen LogP contribution in [0.2, 0.25) is 0 Å². The molecule has 1 rings (SSSR count). The van der Waals surface area contributed by atoms with Crippen LogP contribution < -0.4 is 0 Å². The Morgan fingerprint density at radius 1 is 0.889 bits per heavy atom. The van der Waals surface area contributed by atoms with Crippen LogP contribution >= 0.6 is 0 Å². The van der Waals surface area contributed by atoms with Crippen LogP contribution in [0.5, 0.6) is 0 Å². The molecule has 0 spiro atoms. The zero-order chi connectivity index (χ0) is 12.9. The standard InChI is InChI=1S/C16H24N2/c1-2-3-4-5-6-7-8-9-10-11-13-16-17-14-12-15-18-16/h12,14-15H,2-10H2,1H3. The second-order valence-electron chi connectivity index (χ2n) is 4.60. The number of hydrogen-bond acceptors (Lipinski definition) is 2. The van der Waals surface area contributed by atoms with Gasteiger partial charge in [0.25, 0.3) is 0 Å². The van der Waals surface area contributed by atoms with Crippen LogP contribution in [0.15, 0.2) is 18.5 Å². The number of unbranched alkanes of at least 4 members (excludes halogenated alkanes) is 8. The van der Waals surface area contributed by atoms with Crippen molar-refractivity contribution in [3.8, 4) is 11.8 Å². The van der Waals surface area contributed by atoms with Crippen LogP contribution in [0.25, 0.3) is 0 Å². The van der Waals surface area contributed by atoms with Gasteiger partial charge in [-0.05, 0) is 18.4 Å². The fourth-order valence-corrected chi connectivity index (χ4v) is 1.85. The van der Waals surface area contributed by atoms with Crippen molar-refractivity contribution in [2.24, 2.45) is 0 Å². The van der Waals surface area contributed by atoms with E-state index in [1.54, 1.807) is 12.4 Å². The quantitative estimate of drug-likeness (QED) is 0.501. The molecule has 0 bridgehead atoms. The number of hydrogen-bond donors (Lipinski definition) is 0. The number of nitrogens with zero attached hydrogens (tertiary/aromatic N) is 2. The summed E-state index contributed by atoms with van der Waals surface area (Å²) in [5, 5.41) is 0. The van der Waals surface area contributed by atoms with E-state index in [-0.39, 0.29) is 0 Å². The van der Waals surface area contributed by atoms with E-state index in [4.69, 9.17) is 0 Å². The summed E-state index contributed by atoms with van der Waals surface area (Å²) in [4.78, 5) is 8.14. The van der Waals surface area contributed by atoms with Gasteiger partial charge in [0, 0.05) is 18.8 Å². The van der Waals surface area contributed by atoms with Crippen molar-refractivity contribution < 1.29 is 0 Å². The molecule has 0 aliphatic heterocycles. The van der Waals surface area contributed by atoms with Gasteiger partial charge in [-0.3, -0.25) is 0 Å². The average molecular weight is 244 g/mol. The highest BCUT2D eigenvalue weighted by Gasteiger charge is 1.90. The first-order valence-electron chi connectivity index (χ1n) is 7.19. The lowest BCUT2D eigenvalue weighted by atomic mass is 10.1. The fourth-order valence-electron chi connectivity index (χ4n) is 1.85. The van der Waals surface area contributed by atoms with Gasteiger partial charge in [-0.2, -0.15) is 0 Å². The van der Waals surface area contributed by atoms with Gasteiger partial charge in [0.2, 0.25) is 5.82 Å². The molecule has 1 heterocycles. The molecule has 1 aromatic heterocycles. The largest absolute Gasteiger partial charge is 0.229 e. The molecule has 18 heavy (non-hydrogen) atoms. The lowest BCUT2D eigenvalue weighted by Crippen LogP contribution is -1.84. The Morgan fingerprint density at radius 3 is 2.17 bits per heavy atom. The molecule has 0 fully saturated rings. The van der Waals surface area contributed by atoms with E-state index in [2.05, 4.69) is 28.7 Å². The molecule has 0 saturated carbocycles. The summed E-state index contributed by atoms with van der Waals surface area (Å²) in [6, 6.07) is 1.81. The van der Waals surface area contributed by atoms with Gasteiger partial charge < -0.3 is 0 Å². The Bertz CT molecular complexity index is 348. The summed E-state index contributed by atoms with van der Waals surface area (Å²) in [6.45, 7) is 2.26. The normalized spacial score (nSPS) is 9.83. The van der Waals surface area contributed by atoms with Gasteiger partial charge >= 0.3 is 0 Å². The monoisotopic (exact) mass is 244 g/mol. The van der Waals surface area contributed by atoms with E-state index < -0.39 is 0 Å². The van der Waals surface area contributed by atoms with Crippen LogP contribution in [0.3, 0.4) is 0 Å². The third-order valence-electron chi connectivity index (χ3n) is 2.92. The lowest BCUT2D eigenvalue weighted by Gasteiger charge is -1.99. The van der Waals surface area contributed by atoms with Crippen molar-refractivity contribution in [2.75, 3.05) is 0 Å². The summed E-state index contributed by atoms with van der Waals surface area (Å²) in [6.07, 6.45) is 15.2. The van der Waals surface area contributed by atoms with Crippen molar-refractivity contribution in [1.29, 1.82) is 0 Å². The van der Waals surface area contributed by atoms with Crippen LogP contribution in [0.1, 0.15) is 70.5 Å². The molecule has 0 amide bonds. The van der Waals surface area contributed by atoms with Gasteiger partial charge in [0.15, 0.2) is 0 Å². The SMILES string of the molecule is CCCCCCCCCCC#Cc1ncccn1. The van der Waals surface area contributed by atoms with Crippen LogP contribution in [0, 0.1) is 11.8 Å². The smallest absolute Gasteiger partial charge is 0.204 e. The second-order valence-corrected chi connectivity index (χ2v) is 4.60. The molecule has 2 heteroatoms. The topological polar surface area (TPSA) is 25.8 Å². The average Bonchev–Trinajstić information content (AvgIpc) is 2.42. The minimum Gasteiger partial charge on any atom is -0.229 e. The Hall–Kier alpha value is -1.36. The summed E-state index contributed by atoms with van der Waals surface area (Å²) in [5.41, 5.74) is 0. The highest BCUT2D eigenvalue weighted by molar-refractivity contribution is 5.19. The zero-order valence-electron chi connectivity index (χ0n) is 11.5. The lowest BCUT2D eigenvalue weighted by molar-refractivity contribution is 0.579. The Morgan fingerprint density at radius 2 is 1.50 bits per heavy atom. The molecule has 0 aliphatic carbocycles. The molecule has 0 N–H and O–H groups in total. The molecule has 0 unspecified atom stereocenters. The van der Waals surface area contributed by atoms with Crippen molar-refractivity contribution in [2.45, 2.75) is 64.7 Å². The van der Waals surface area contributed by atoms with Gasteiger partial charge in [0.1, 0.15) is 0 Å². The summed E-state index contributed by atoms with van der Waals surface area (Å²) < 4.78 is 0. The Kier molecular flexibility index (Phi) is 8.80. The summed E-state index contributed by atoms with van der Waals surface area (Å²) >= 11 is 0. The predicted molar refractivity (Wildman–Crippen MR) is 76.1 cm³/mol. The highest BCUT2D eigenvalue weighted by atomic mass is 14.8. The number of rotatable bonds is 8. The van der Waals surface area contributed by atoms with Crippen LogP contribution in [0.4, 0.5) is 0 Å². The summed E-state index contributed by atoms with van der Waals surface area (Å²) in [7, 11) is 0. The maximum Gasteiger partial charge on any atom is 0.204 e. The van der Waals surface area contributed by atoms with Gasteiger partial charge in [-0.25, -0.2) is 9.97 Å². The minimum atomic E-state index is 0.636. The van der Waals surface area contributed by atoms with Crippen molar-refractivity contribution in [3.05, 3.63) is 24.3 Å². The van der Waals surface area contributed by atoms with Crippen molar-refractivity contribution in [3.63, 3.8) is 0 Å². The van der Waals surface area contributed by atoms with Crippen LogP contribution in [-0.2, 0) is 0 Å². The predicted octanol–water partition coefficient (Wildman–Crippen LogP) is 4.36. The molecular formula is C16H24N2. The molecule has 0 aliphatic rings. The Labute approximate surface area is 111 Å². The fraction of sp³-hybridized carbons (Fsp3) is 0.625. The van der Waals surface area contributed by atoms with Gasteiger partial charge in [-0.1, -0.05) is 57.8 Å². The van der Waals surface area contributed by atoms with E-state index >= 15 is 0 Å². The zero-order valence-corrected chi connectivity index (χ0v) is 11.5. The van der Waals surface area contributed by atoms with E-state index in [1.807, 2.05) is 6.07 Å². The van der Waals surface area contributed by atoms with Crippen molar-refractivity contribution >= 4 is 0 Å². The molecule has 0 radical (unpaired) electrons. The Balaban J connectivity index is 1.94. The maximum absolute atomic E-state index is 4.07. The molecule has 0 saturated heterocycles. The minimum absolute atomic E-state index is 0.636. The van der Waals surface area contributed by atoms with E-state index in [1.165, 1.54) is 51.4 Å². The molecule has 0 atom stereocenters. The molecule has 1 aromatic rings. The summed E-state index contributed by atoms with van der Waals surface area (Å²) in [5.74, 6) is 6.77.